The van der Waals surface area contributed by atoms with Gasteiger partial charge >= 0.3 is 5.97 Å². The number of halogens is 2. The zero-order valence-electron chi connectivity index (χ0n) is 20.3. The number of amides is 1. The maximum Gasteiger partial charge on any atom is 0.326 e. The number of carbonyl (C=O) groups excluding carboxylic acids is 2. The van der Waals surface area contributed by atoms with Gasteiger partial charge in [0, 0.05) is 24.7 Å². The Labute approximate surface area is 216 Å². The quantitative estimate of drug-likeness (QED) is 0.435. The number of fused-ring (bicyclic) bond motifs is 1. The van der Waals surface area contributed by atoms with Crippen LogP contribution in [-0.2, 0) is 30.8 Å². The molecule has 0 bridgehead atoms. The van der Waals surface area contributed by atoms with E-state index < -0.39 is 40.1 Å². The summed E-state index contributed by atoms with van der Waals surface area (Å²) in [6.45, 7) is 5.30. The number of nitrogens with zero attached hydrogens (tertiary/aromatic N) is 3. The fraction of sp³-hybridized carbons (Fsp3) is 0.375. The molecule has 13 heteroatoms. The molecule has 9 nitrogen and oxygen atoms in total. The third-order valence-corrected chi connectivity index (χ3v) is 8.48. The van der Waals surface area contributed by atoms with Gasteiger partial charge in [0.05, 0.1) is 33.9 Å². The number of hydrogen-bond donors (Lipinski definition) is 0. The maximum atomic E-state index is 14.6. The second kappa shape index (κ2) is 10.8. The van der Waals surface area contributed by atoms with Crippen molar-refractivity contribution in [2.45, 2.75) is 44.4 Å². The number of aromatic nitrogens is 1. The molecule has 2 unspecified atom stereocenters. The highest BCUT2D eigenvalue weighted by Crippen LogP contribution is 2.24. The van der Waals surface area contributed by atoms with Crippen molar-refractivity contribution in [3.8, 4) is 0 Å². The standard InChI is InChI=1S/C24H25F2N3O6S2/c1-4-34-21(30)13-29-22-19(26)9-17(25)10-20(22)36-24(29)27-23(31)16-5-7-18(8-6-16)37(32,33)28-11-14(2)35-15(3)12-28/h5-10,14-15H,4,11-13H2,1-3H3. The number of benzene rings is 2. The number of carbonyl (C=O) groups is 2. The van der Waals surface area contributed by atoms with Crippen molar-refractivity contribution in [3.63, 3.8) is 0 Å². The zero-order valence-corrected chi connectivity index (χ0v) is 21.9. The van der Waals surface area contributed by atoms with Crippen molar-refractivity contribution in [2.75, 3.05) is 19.7 Å². The largest absolute Gasteiger partial charge is 0.465 e. The maximum absolute atomic E-state index is 14.6. The molecule has 198 valence electrons. The van der Waals surface area contributed by atoms with E-state index in [1.807, 2.05) is 0 Å². The summed E-state index contributed by atoms with van der Waals surface area (Å²) in [7, 11) is -3.80. The fourth-order valence-electron chi connectivity index (χ4n) is 4.09. The Morgan fingerprint density at radius 2 is 1.78 bits per heavy atom. The van der Waals surface area contributed by atoms with Crippen LogP contribution in [-0.4, -0.2) is 61.1 Å². The molecule has 0 spiro atoms. The molecular weight excluding hydrogens is 528 g/mol. The topological polar surface area (TPSA) is 107 Å². The molecular formula is C24H25F2N3O6S2. The first kappa shape index (κ1) is 27.0. The molecule has 0 saturated carbocycles. The summed E-state index contributed by atoms with van der Waals surface area (Å²) in [5.41, 5.74) is -0.00382. The Balaban J connectivity index is 1.67. The van der Waals surface area contributed by atoms with E-state index >= 15 is 0 Å². The smallest absolute Gasteiger partial charge is 0.326 e. The first-order valence-electron chi connectivity index (χ1n) is 11.5. The van der Waals surface area contributed by atoms with Crippen molar-refractivity contribution in [1.29, 1.82) is 0 Å². The Kier molecular flexibility index (Phi) is 7.88. The average Bonchev–Trinajstić information content (AvgIpc) is 3.15. The van der Waals surface area contributed by atoms with E-state index in [1.54, 1.807) is 20.8 Å². The van der Waals surface area contributed by atoms with Crippen LogP contribution in [0.5, 0.6) is 0 Å². The van der Waals surface area contributed by atoms with E-state index in [9.17, 15) is 26.8 Å². The van der Waals surface area contributed by atoms with Gasteiger partial charge in [-0.25, -0.2) is 17.2 Å². The third kappa shape index (κ3) is 5.79. The molecule has 1 saturated heterocycles. The van der Waals surface area contributed by atoms with E-state index in [1.165, 1.54) is 28.6 Å². The highest BCUT2D eigenvalue weighted by Gasteiger charge is 2.32. The van der Waals surface area contributed by atoms with E-state index in [4.69, 9.17) is 9.47 Å². The summed E-state index contributed by atoms with van der Waals surface area (Å²) in [4.78, 5) is 29.0. The van der Waals surface area contributed by atoms with Crippen LogP contribution in [0.2, 0.25) is 0 Å². The summed E-state index contributed by atoms with van der Waals surface area (Å²) >= 11 is 0.835. The molecule has 1 aliphatic rings. The predicted octanol–water partition coefficient (Wildman–Crippen LogP) is 3.08. The van der Waals surface area contributed by atoms with Gasteiger partial charge < -0.3 is 14.0 Å². The molecule has 3 aromatic rings. The molecule has 4 rings (SSSR count). The molecule has 1 fully saturated rings. The number of ether oxygens (including phenoxy) is 2. The highest BCUT2D eigenvalue weighted by atomic mass is 32.2. The van der Waals surface area contributed by atoms with Crippen molar-refractivity contribution in [1.82, 2.24) is 8.87 Å². The van der Waals surface area contributed by atoms with E-state index in [0.29, 0.717) is 6.07 Å². The van der Waals surface area contributed by atoms with Crippen LogP contribution >= 0.6 is 11.3 Å². The lowest BCUT2D eigenvalue weighted by molar-refractivity contribution is -0.143. The van der Waals surface area contributed by atoms with E-state index in [2.05, 4.69) is 4.99 Å². The summed E-state index contributed by atoms with van der Waals surface area (Å²) in [5, 5.41) is 0. The molecule has 1 aliphatic heterocycles. The lowest BCUT2D eigenvalue weighted by Crippen LogP contribution is -2.48. The Morgan fingerprint density at radius 3 is 2.41 bits per heavy atom. The Hall–Kier alpha value is -3.00. The summed E-state index contributed by atoms with van der Waals surface area (Å²) in [6.07, 6.45) is -0.502. The second-order valence-electron chi connectivity index (χ2n) is 8.53. The van der Waals surface area contributed by atoms with Gasteiger partial charge in [0.1, 0.15) is 12.4 Å². The SMILES string of the molecule is CCOC(=O)Cn1c(=NC(=O)c2ccc(S(=O)(=O)N3CC(C)OC(C)C3)cc2)sc2cc(F)cc(F)c21. The van der Waals surface area contributed by atoms with Crippen LogP contribution in [0.3, 0.4) is 0 Å². The van der Waals surface area contributed by atoms with Gasteiger partial charge in [0.25, 0.3) is 5.91 Å². The monoisotopic (exact) mass is 553 g/mol. The Bertz CT molecular complexity index is 1510. The third-order valence-electron chi connectivity index (χ3n) is 5.61. The van der Waals surface area contributed by atoms with Gasteiger partial charge in [-0.2, -0.15) is 9.30 Å². The molecule has 37 heavy (non-hydrogen) atoms. The lowest BCUT2D eigenvalue weighted by atomic mass is 10.2. The van der Waals surface area contributed by atoms with Gasteiger partial charge in [-0.15, -0.1) is 0 Å². The number of thiazole rings is 1. The van der Waals surface area contributed by atoms with Crippen LogP contribution in [0.25, 0.3) is 10.2 Å². The highest BCUT2D eigenvalue weighted by molar-refractivity contribution is 7.89. The van der Waals surface area contributed by atoms with Crippen LogP contribution in [0.15, 0.2) is 46.3 Å². The van der Waals surface area contributed by atoms with Gasteiger partial charge in [-0.1, -0.05) is 11.3 Å². The predicted molar refractivity (Wildman–Crippen MR) is 131 cm³/mol. The molecule has 2 atom stereocenters. The van der Waals surface area contributed by atoms with Gasteiger partial charge in [0.15, 0.2) is 10.6 Å². The second-order valence-corrected chi connectivity index (χ2v) is 11.5. The zero-order chi connectivity index (χ0) is 26.9. The number of morpholine rings is 1. The van der Waals surface area contributed by atoms with Crippen LogP contribution in [0.1, 0.15) is 31.1 Å². The van der Waals surface area contributed by atoms with Crippen molar-refractivity contribution >= 4 is 43.5 Å². The fourth-order valence-corrected chi connectivity index (χ4v) is 6.75. The van der Waals surface area contributed by atoms with Crippen molar-refractivity contribution < 1.29 is 36.3 Å². The summed E-state index contributed by atoms with van der Waals surface area (Å²) in [6, 6.07) is 7.05. The van der Waals surface area contributed by atoms with E-state index in [0.717, 1.165) is 22.0 Å². The number of esters is 1. The van der Waals surface area contributed by atoms with Crippen LogP contribution < -0.4 is 4.80 Å². The normalized spacial score (nSPS) is 19.3. The molecule has 1 amide bonds. The number of hydrogen-bond acceptors (Lipinski definition) is 7. The minimum Gasteiger partial charge on any atom is -0.465 e. The Morgan fingerprint density at radius 1 is 1.14 bits per heavy atom. The van der Waals surface area contributed by atoms with Crippen LogP contribution in [0.4, 0.5) is 8.78 Å². The molecule has 2 aromatic carbocycles. The molecule has 0 radical (unpaired) electrons. The average molecular weight is 554 g/mol. The summed E-state index contributed by atoms with van der Waals surface area (Å²) in [5.74, 6) is -3.15. The molecule has 2 heterocycles. The molecule has 0 aliphatic carbocycles. The number of rotatable bonds is 6. The molecule has 1 aromatic heterocycles. The minimum atomic E-state index is -3.80. The van der Waals surface area contributed by atoms with Gasteiger partial charge in [-0.05, 0) is 51.1 Å². The first-order valence-corrected chi connectivity index (χ1v) is 13.7. The van der Waals surface area contributed by atoms with Crippen molar-refractivity contribution in [3.05, 3.63) is 58.4 Å². The van der Waals surface area contributed by atoms with Gasteiger partial charge in [-0.3, -0.25) is 9.59 Å². The van der Waals surface area contributed by atoms with Crippen molar-refractivity contribution in [2.24, 2.45) is 4.99 Å². The molecule has 0 N–H and O–H groups in total. The van der Waals surface area contributed by atoms with E-state index in [-0.39, 0.29) is 57.4 Å². The summed E-state index contributed by atoms with van der Waals surface area (Å²) < 4.78 is 67.7. The minimum absolute atomic E-state index is 0.0159. The number of sulfonamides is 1. The van der Waals surface area contributed by atoms with Gasteiger partial charge in [0.2, 0.25) is 10.0 Å². The first-order chi connectivity index (χ1) is 17.5. The lowest BCUT2D eigenvalue weighted by Gasteiger charge is -2.34. The van der Waals surface area contributed by atoms with Crippen LogP contribution in [0, 0.1) is 11.6 Å².